The van der Waals surface area contributed by atoms with E-state index in [9.17, 15) is 15.2 Å². The van der Waals surface area contributed by atoms with E-state index < -0.39 is 23.0 Å². The molecule has 29 heavy (non-hydrogen) atoms. The Morgan fingerprint density at radius 2 is 2.17 bits per heavy atom. The van der Waals surface area contributed by atoms with E-state index in [0.717, 1.165) is 0 Å². The number of aliphatic hydroxyl groups is 1. The number of rotatable bonds is 7. The van der Waals surface area contributed by atoms with Crippen LogP contribution < -0.4 is 11.2 Å². The Morgan fingerprint density at radius 3 is 2.76 bits per heavy atom. The second kappa shape index (κ2) is 7.82. The third-order valence-corrected chi connectivity index (χ3v) is 4.20. The lowest BCUT2D eigenvalue weighted by molar-refractivity contribution is -0.443. The molecule has 10 nitrogen and oxygen atoms in total. The average molecular weight is 399 g/mol. The lowest BCUT2D eigenvalue weighted by Crippen LogP contribution is -2.75. The van der Waals surface area contributed by atoms with Crippen LogP contribution in [-0.4, -0.2) is 45.5 Å². The number of hydroxylamine groups is 1. The van der Waals surface area contributed by atoms with Crippen molar-refractivity contribution in [3.05, 3.63) is 59.7 Å². The first-order valence-corrected chi connectivity index (χ1v) is 8.72. The molecule has 2 aromatic rings. The molecule has 152 valence electrons. The van der Waals surface area contributed by atoms with Gasteiger partial charge in [0, 0.05) is 18.0 Å². The monoisotopic (exact) mass is 399 g/mol. The fourth-order valence-corrected chi connectivity index (χ4v) is 2.70. The molecule has 0 bridgehead atoms. The van der Waals surface area contributed by atoms with Crippen LogP contribution in [0.15, 0.2) is 43.0 Å². The van der Waals surface area contributed by atoms with Gasteiger partial charge in [-0.1, -0.05) is 12.1 Å². The summed E-state index contributed by atoms with van der Waals surface area (Å²) in [5, 5.41) is 19.3. The number of aromatic nitrogens is 2. The average Bonchev–Trinajstić information content (AvgIpc) is 2.71. The molecule has 3 rings (SSSR count). The number of amides is 1. The van der Waals surface area contributed by atoms with Gasteiger partial charge in [-0.15, -0.1) is 0 Å². The standard InChI is InChI=1S/C19H21N5O5/c1-17(2,26)10-27-19(15-5-3-4-13(6-15)7-20)18(21,11-28-19)29-24-16(25)14-8-22-12-23-9-14/h3-6,8-9,12,26H,10-11,21H2,1-2H3,(H,24,25). The van der Waals surface area contributed by atoms with Gasteiger partial charge >= 0.3 is 0 Å². The van der Waals surface area contributed by atoms with Gasteiger partial charge in [-0.3, -0.25) is 10.5 Å². The SMILES string of the molecule is CC(C)(O)COC1(c2cccc(C#N)c2)OCC1(N)ONC(=O)c1cncnc1. The minimum atomic E-state index is -1.65. The first kappa shape index (κ1) is 20.8. The fraction of sp³-hybridized carbons (Fsp3) is 0.368. The fourth-order valence-electron chi connectivity index (χ4n) is 2.70. The molecule has 4 N–H and O–H groups in total. The molecule has 1 aliphatic rings. The predicted molar refractivity (Wildman–Crippen MR) is 98.5 cm³/mol. The highest BCUT2D eigenvalue weighted by Gasteiger charge is 2.64. The van der Waals surface area contributed by atoms with Crippen LogP contribution >= 0.6 is 0 Å². The third-order valence-electron chi connectivity index (χ3n) is 4.20. The highest BCUT2D eigenvalue weighted by Crippen LogP contribution is 2.46. The lowest BCUT2D eigenvalue weighted by atomic mass is 9.89. The zero-order valence-corrected chi connectivity index (χ0v) is 16.0. The Kier molecular flexibility index (Phi) is 5.61. The molecule has 1 aliphatic heterocycles. The summed E-state index contributed by atoms with van der Waals surface area (Å²) in [6, 6.07) is 8.49. The molecular formula is C19H21N5O5. The van der Waals surface area contributed by atoms with Gasteiger partial charge in [0.15, 0.2) is 0 Å². The van der Waals surface area contributed by atoms with Gasteiger partial charge in [0.1, 0.15) is 12.9 Å². The second-order valence-electron chi connectivity index (χ2n) is 7.25. The molecule has 1 amide bonds. The Morgan fingerprint density at radius 1 is 1.45 bits per heavy atom. The number of nitriles is 1. The van der Waals surface area contributed by atoms with Crippen molar-refractivity contribution in [3.8, 4) is 6.07 Å². The highest BCUT2D eigenvalue weighted by atomic mass is 16.8. The smallest absolute Gasteiger partial charge is 0.278 e. The number of nitrogens with one attached hydrogen (secondary N) is 1. The molecule has 2 atom stereocenters. The van der Waals surface area contributed by atoms with Crippen LogP contribution in [0.4, 0.5) is 0 Å². The maximum Gasteiger partial charge on any atom is 0.278 e. The third kappa shape index (κ3) is 4.24. The van der Waals surface area contributed by atoms with Crippen molar-refractivity contribution in [3.63, 3.8) is 0 Å². The van der Waals surface area contributed by atoms with Crippen molar-refractivity contribution in [2.75, 3.05) is 13.2 Å². The van der Waals surface area contributed by atoms with Crippen LogP contribution in [0.5, 0.6) is 0 Å². The van der Waals surface area contributed by atoms with E-state index in [0.29, 0.717) is 11.1 Å². The lowest BCUT2D eigenvalue weighted by Gasteiger charge is -2.54. The van der Waals surface area contributed by atoms with Gasteiger partial charge in [0.25, 0.3) is 5.91 Å². The summed E-state index contributed by atoms with van der Waals surface area (Å²) < 4.78 is 11.5. The second-order valence-corrected chi connectivity index (χ2v) is 7.25. The molecule has 1 aromatic carbocycles. The summed E-state index contributed by atoms with van der Waals surface area (Å²) in [5.74, 6) is -2.26. The van der Waals surface area contributed by atoms with E-state index in [2.05, 4.69) is 15.4 Å². The Labute approximate surface area is 167 Å². The number of carbonyl (C=O) groups is 1. The number of hydrogen-bond donors (Lipinski definition) is 3. The van der Waals surface area contributed by atoms with E-state index in [-0.39, 0.29) is 18.8 Å². The highest BCUT2D eigenvalue weighted by molar-refractivity contribution is 5.92. The molecular weight excluding hydrogens is 378 g/mol. The van der Waals surface area contributed by atoms with Crippen molar-refractivity contribution in [1.29, 1.82) is 5.26 Å². The van der Waals surface area contributed by atoms with Gasteiger partial charge in [-0.25, -0.2) is 20.3 Å². The topological polar surface area (TPSA) is 153 Å². The summed E-state index contributed by atoms with van der Waals surface area (Å²) in [6.07, 6.45) is 3.93. The first-order valence-electron chi connectivity index (χ1n) is 8.72. The molecule has 2 unspecified atom stereocenters. The van der Waals surface area contributed by atoms with Crippen molar-refractivity contribution in [1.82, 2.24) is 15.4 Å². The summed E-state index contributed by atoms with van der Waals surface area (Å²) in [5.41, 5.74) is 6.76. The van der Waals surface area contributed by atoms with Crippen LogP contribution in [0.25, 0.3) is 0 Å². The summed E-state index contributed by atoms with van der Waals surface area (Å²) in [6.45, 7) is 2.86. The minimum absolute atomic E-state index is 0.110. The number of benzene rings is 1. The zero-order chi connectivity index (χ0) is 21.1. The van der Waals surface area contributed by atoms with Gasteiger partial charge in [0.2, 0.25) is 11.5 Å². The minimum Gasteiger partial charge on any atom is -0.388 e. The Hall–Kier alpha value is -2.94. The van der Waals surface area contributed by atoms with Crippen molar-refractivity contribution in [2.45, 2.75) is 31.0 Å². The van der Waals surface area contributed by atoms with E-state index in [4.69, 9.17) is 20.0 Å². The molecule has 0 aliphatic carbocycles. The number of ether oxygens (including phenoxy) is 2. The largest absolute Gasteiger partial charge is 0.388 e. The normalized spacial score (nSPS) is 23.7. The van der Waals surface area contributed by atoms with Crippen LogP contribution in [0.2, 0.25) is 0 Å². The first-order chi connectivity index (χ1) is 13.7. The van der Waals surface area contributed by atoms with E-state index in [1.807, 2.05) is 6.07 Å². The van der Waals surface area contributed by atoms with Crippen molar-refractivity contribution >= 4 is 5.91 Å². The quantitative estimate of drug-likeness (QED) is 0.442. The zero-order valence-electron chi connectivity index (χ0n) is 16.0. The van der Waals surface area contributed by atoms with E-state index >= 15 is 0 Å². The Bertz CT molecular complexity index is 927. The van der Waals surface area contributed by atoms with Crippen LogP contribution in [0.1, 0.15) is 35.3 Å². The molecule has 0 radical (unpaired) electrons. The maximum atomic E-state index is 12.3. The molecule has 0 spiro atoms. The van der Waals surface area contributed by atoms with Crippen molar-refractivity contribution < 1.29 is 24.2 Å². The molecule has 1 aromatic heterocycles. The van der Waals surface area contributed by atoms with Crippen LogP contribution in [0.3, 0.4) is 0 Å². The van der Waals surface area contributed by atoms with E-state index in [1.54, 1.807) is 38.1 Å². The number of hydrogen-bond acceptors (Lipinski definition) is 9. The maximum absolute atomic E-state index is 12.3. The number of carbonyl (C=O) groups excluding carboxylic acids is 1. The van der Waals surface area contributed by atoms with Gasteiger partial charge in [-0.05, 0) is 26.0 Å². The molecule has 2 heterocycles. The van der Waals surface area contributed by atoms with E-state index in [1.165, 1.54) is 18.7 Å². The summed E-state index contributed by atoms with van der Waals surface area (Å²) >= 11 is 0. The van der Waals surface area contributed by atoms with Crippen LogP contribution in [-0.2, 0) is 20.1 Å². The van der Waals surface area contributed by atoms with Gasteiger partial charge in [-0.2, -0.15) is 5.26 Å². The van der Waals surface area contributed by atoms with Crippen LogP contribution in [0, 0.1) is 11.3 Å². The molecule has 1 saturated heterocycles. The number of nitrogens with zero attached hydrogens (tertiary/aromatic N) is 3. The predicted octanol–water partition coefficient (Wildman–Crippen LogP) is 0.335. The summed E-state index contributed by atoms with van der Waals surface area (Å²) in [4.78, 5) is 25.3. The Balaban J connectivity index is 1.86. The molecule has 0 saturated carbocycles. The van der Waals surface area contributed by atoms with Gasteiger partial charge < -0.3 is 14.6 Å². The molecule has 10 heteroatoms. The molecule has 1 fully saturated rings. The number of nitrogens with two attached hydrogens (primary N) is 1. The summed E-state index contributed by atoms with van der Waals surface area (Å²) in [7, 11) is 0. The van der Waals surface area contributed by atoms with Gasteiger partial charge in [0.05, 0.1) is 29.4 Å². The van der Waals surface area contributed by atoms with Crippen molar-refractivity contribution in [2.24, 2.45) is 5.73 Å².